The minimum Gasteiger partial charge on any atom is -0.364 e. The number of ether oxygens (including phenoxy) is 1. The fraction of sp³-hybridized carbons (Fsp3) is 0.250. The third-order valence-corrected chi connectivity index (χ3v) is 3.16. The highest BCUT2D eigenvalue weighted by Crippen LogP contribution is 2.29. The molecule has 2 rings (SSSR count). The minimum atomic E-state index is -4.64. The van der Waals surface area contributed by atoms with Crippen LogP contribution in [-0.4, -0.2) is 17.5 Å². The number of aromatic nitrogens is 1. The minimum absolute atomic E-state index is 0.214. The summed E-state index contributed by atoms with van der Waals surface area (Å²) in [5.74, 6) is -0.729. The largest absolute Gasteiger partial charge is 0.417 e. The maximum Gasteiger partial charge on any atom is 0.417 e. The molecule has 1 heterocycles. The Hall–Kier alpha value is -2.61. The molecule has 128 valence electrons. The smallest absolute Gasteiger partial charge is 0.364 e. The zero-order valence-electron chi connectivity index (χ0n) is 12.7. The number of carbonyl (C=O) groups excluding carboxylic acids is 1. The van der Waals surface area contributed by atoms with Crippen molar-refractivity contribution in [1.82, 2.24) is 4.98 Å². The molecule has 0 spiro atoms. The Bertz CT molecular complexity index is 757. The summed E-state index contributed by atoms with van der Waals surface area (Å²) < 4.78 is 43.5. The maximum absolute atomic E-state index is 12.7. The van der Waals surface area contributed by atoms with E-state index in [0.29, 0.717) is 17.8 Å². The van der Waals surface area contributed by atoms with Gasteiger partial charge in [0.15, 0.2) is 6.10 Å². The molecule has 5 nitrogen and oxygen atoms in total. The van der Waals surface area contributed by atoms with Gasteiger partial charge in [0.05, 0.1) is 5.56 Å². The van der Waals surface area contributed by atoms with Crippen molar-refractivity contribution in [3.63, 3.8) is 0 Å². The van der Waals surface area contributed by atoms with E-state index in [2.05, 4.69) is 5.32 Å². The summed E-state index contributed by atoms with van der Waals surface area (Å²) in [5.41, 5.74) is -1.86. The molecule has 0 fully saturated rings. The topological polar surface area (TPSA) is 71.2 Å². The highest BCUT2D eigenvalue weighted by Gasteiger charge is 2.32. The molecule has 8 heteroatoms. The first kappa shape index (κ1) is 17.7. The molecule has 2 N–H and O–H groups in total. The molecule has 0 unspecified atom stereocenters. The molecule has 1 aromatic heterocycles. The molecular formula is C16H15F3N2O3. The van der Waals surface area contributed by atoms with Gasteiger partial charge in [-0.3, -0.25) is 9.59 Å². The fourth-order valence-electron chi connectivity index (χ4n) is 2.06. The van der Waals surface area contributed by atoms with Crippen molar-refractivity contribution in [2.75, 3.05) is 11.9 Å². The van der Waals surface area contributed by atoms with Crippen LogP contribution in [-0.2, 0) is 15.7 Å². The number of alkyl halides is 3. The number of pyridine rings is 1. The van der Waals surface area contributed by atoms with Crippen LogP contribution in [0.25, 0.3) is 0 Å². The number of hydrogen-bond acceptors (Lipinski definition) is 3. The van der Waals surface area contributed by atoms with Gasteiger partial charge >= 0.3 is 6.18 Å². The number of amides is 1. The molecule has 0 saturated carbocycles. The molecule has 1 amide bonds. The first-order chi connectivity index (χ1) is 11.3. The lowest BCUT2D eigenvalue weighted by molar-refractivity contribution is -0.138. The lowest BCUT2D eigenvalue weighted by atomic mass is 10.1. The van der Waals surface area contributed by atoms with E-state index in [0.717, 1.165) is 0 Å². The van der Waals surface area contributed by atoms with E-state index in [1.807, 2.05) is 4.98 Å². The van der Waals surface area contributed by atoms with Crippen molar-refractivity contribution in [3.8, 4) is 0 Å². The summed E-state index contributed by atoms with van der Waals surface area (Å²) in [7, 11) is 0. The number of nitrogens with one attached hydrogen (secondary N) is 2. The summed E-state index contributed by atoms with van der Waals surface area (Å²) in [6.45, 7) is 1.90. The van der Waals surface area contributed by atoms with Gasteiger partial charge in [-0.25, -0.2) is 0 Å². The first-order valence-electron chi connectivity index (χ1n) is 7.10. The predicted molar refractivity (Wildman–Crippen MR) is 81.5 cm³/mol. The normalized spacial score (nSPS) is 12.7. The van der Waals surface area contributed by atoms with Crippen LogP contribution in [0.15, 0.2) is 47.4 Å². The second kappa shape index (κ2) is 7.31. The van der Waals surface area contributed by atoms with Gasteiger partial charge in [-0.05, 0) is 18.6 Å². The number of carbonyl (C=O) groups is 1. The van der Waals surface area contributed by atoms with Crippen LogP contribution in [0.5, 0.6) is 0 Å². The van der Waals surface area contributed by atoms with E-state index in [4.69, 9.17) is 4.74 Å². The molecule has 0 saturated heterocycles. The van der Waals surface area contributed by atoms with Gasteiger partial charge in [0.25, 0.3) is 11.5 Å². The number of H-pyrrole nitrogens is 1. The average molecular weight is 340 g/mol. The molecule has 1 atom stereocenters. The molecule has 1 aromatic carbocycles. The van der Waals surface area contributed by atoms with Crippen LogP contribution >= 0.6 is 0 Å². The molecule has 24 heavy (non-hydrogen) atoms. The zero-order chi connectivity index (χ0) is 17.7. The van der Waals surface area contributed by atoms with Crippen LogP contribution in [0.4, 0.5) is 18.9 Å². The van der Waals surface area contributed by atoms with Gasteiger partial charge in [0.2, 0.25) is 0 Å². The Balaban J connectivity index is 2.29. The molecule has 0 aliphatic rings. The van der Waals surface area contributed by atoms with Crippen molar-refractivity contribution >= 4 is 11.6 Å². The van der Waals surface area contributed by atoms with Gasteiger partial charge in [-0.2, -0.15) is 13.2 Å². The number of rotatable bonds is 5. The number of halogens is 3. The summed E-state index contributed by atoms with van der Waals surface area (Å²) in [4.78, 5) is 26.0. The third-order valence-electron chi connectivity index (χ3n) is 3.16. The Morgan fingerprint density at radius 3 is 2.54 bits per heavy atom. The van der Waals surface area contributed by atoms with Crippen LogP contribution in [0.2, 0.25) is 0 Å². The highest BCUT2D eigenvalue weighted by molar-refractivity contribution is 5.94. The average Bonchev–Trinajstić information content (AvgIpc) is 2.54. The molecule has 2 aromatic rings. The van der Waals surface area contributed by atoms with Gasteiger partial charge in [0.1, 0.15) is 5.69 Å². The monoisotopic (exact) mass is 340 g/mol. The van der Waals surface area contributed by atoms with E-state index in [1.165, 1.54) is 0 Å². The maximum atomic E-state index is 12.7. The van der Waals surface area contributed by atoms with E-state index in [-0.39, 0.29) is 6.61 Å². The van der Waals surface area contributed by atoms with E-state index in [9.17, 15) is 22.8 Å². The number of benzene rings is 1. The van der Waals surface area contributed by atoms with Crippen molar-refractivity contribution in [3.05, 3.63) is 64.1 Å². The highest BCUT2D eigenvalue weighted by atomic mass is 19.4. The second-order valence-corrected chi connectivity index (χ2v) is 4.86. The third kappa shape index (κ3) is 4.23. The predicted octanol–water partition coefficient (Wildman–Crippen LogP) is 3.11. The molecule has 0 aliphatic heterocycles. The summed E-state index contributed by atoms with van der Waals surface area (Å²) >= 11 is 0. The SMILES string of the molecule is CCO[C@@H](C(=O)Nc1cc(C(F)(F)F)c[nH]c1=O)c1ccccc1. The van der Waals surface area contributed by atoms with Crippen molar-refractivity contribution in [1.29, 1.82) is 0 Å². The van der Waals surface area contributed by atoms with Crippen LogP contribution < -0.4 is 10.9 Å². The summed E-state index contributed by atoms with van der Waals surface area (Å²) in [6, 6.07) is 9.04. The number of aromatic amines is 1. The molecule has 0 aliphatic carbocycles. The number of hydrogen-bond donors (Lipinski definition) is 2. The lowest BCUT2D eigenvalue weighted by Crippen LogP contribution is -2.27. The van der Waals surface area contributed by atoms with Crippen molar-refractivity contribution in [2.45, 2.75) is 19.2 Å². The van der Waals surface area contributed by atoms with E-state index in [1.54, 1.807) is 37.3 Å². The van der Waals surface area contributed by atoms with Crippen molar-refractivity contribution in [2.24, 2.45) is 0 Å². The van der Waals surface area contributed by atoms with Gasteiger partial charge in [-0.1, -0.05) is 30.3 Å². The standard InChI is InChI=1S/C16H15F3N2O3/c1-2-24-13(10-6-4-3-5-7-10)15(23)21-12-8-11(16(17,18)19)9-20-14(12)22/h3-9,13H,2H2,1H3,(H,20,22)(H,21,23)/t13-/m1/s1. The molecule has 0 bridgehead atoms. The van der Waals surface area contributed by atoms with Gasteiger partial charge in [-0.15, -0.1) is 0 Å². The van der Waals surface area contributed by atoms with E-state index < -0.39 is 35.0 Å². The zero-order valence-corrected chi connectivity index (χ0v) is 12.7. The molecular weight excluding hydrogens is 325 g/mol. The Morgan fingerprint density at radius 1 is 1.29 bits per heavy atom. The second-order valence-electron chi connectivity index (χ2n) is 4.86. The van der Waals surface area contributed by atoms with Crippen LogP contribution in [0.1, 0.15) is 24.2 Å². The number of anilines is 1. The Morgan fingerprint density at radius 2 is 1.96 bits per heavy atom. The van der Waals surface area contributed by atoms with Crippen molar-refractivity contribution < 1.29 is 22.7 Å². The Kier molecular flexibility index (Phi) is 5.40. The Labute approximate surface area is 135 Å². The quantitative estimate of drug-likeness (QED) is 0.878. The van der Waals surface area contributed by atoms with Crippen LogP contribution in [0.3, 0.4) is 0 Å². The summed E-state index contributed by atoms with van der Waals surface area (Å²) in [6.07, 6.45) is -5.12. The van der Waals surface area contributed by atoms with Gasteiger partial charge in [0, 0.05) is 12.8 Å². The molecule has 0 radical (unpaired) electrons. The first-order valence-corrected chi connectivity index (χ1v) is 7.10. The van der Waals surface area contributed by atoms with E-state index >= 15 is 0 Å². The fourth-order valence-corrected chi connectivity index (χ4v) is 2.06. The lowest BCUT2D eigenvalue weighted by Gasteiger charge is -2.17. The van der Waals surface area contributed by atoms with Crippen LogP contribution in [0, 0.1) is 0 Å². The summed E-state index contributed by atoms with van der Waals surface area (Å²) in [5, 5.41) is 2.20. The van der Waals surface area contributed by atoms with Gasteiger partial charge < -0.3 is 15.0 Å².